The molecule has 0 aliphatic carbocycles. The van der Waals surface area contributed by atoms with Crippen molar-refractivity contribution >= 4 is 31.9 Å². The number of aromatic nitrogens is 3. The maximum atomic E-state index is 4.33. The fourth-order valence-electron chi connectivity index (χ4n) is 1.47. The molecule has 0 unspecified atom stereocenters. The van der Waals surface area contributed by atoms with Crippen molar-refractivity contribution in [3.63, 3.8) is 0 Å². The third-order valence-corrected chi connectivity index (χ3v) is 5.22. The summed E-state index contributed by atoms with van der Waals surface area (Å²) in [7, 11) is 0. The van der Waals surface area contributed by atoms with E-state index in [1.807, 2.05) is 4.68 Å². The smallest absolute Gasteiger partial charge is 0.138 e. The average molecular weight is 339 g/mol. The van der Waals surface area contributed by atoms with Gasteiger partial charge >= 0.3 is 0 Å². The van der Waals surface area contributed by atoms with E-state index in [1.165, 1.54) is 0 Å². The van der Waals surface area contributed by atoms with E-state index in [4.69, 9.17) is 0 Å². The van der Waals surface area contributed by atoms with Gasteiger partial charge in [0.25, 0.3) is 0 Å². The van der Waals surface area contributed by atoms with Crippen LogP contribution in [0.15, 0.2) is 6.33 Å². The minimum absolute atomic E-state index is 0.250. The van der Waals surface area contributed by atoms with Crippen LogP contribution in [0.25, 0.3) is 0 Å². The predicted molar refractivity (Wildman–Crippen MR) is 69.7 cm³/mol. The van der Waals surface area contributed by atoms with Gasteiger partial charge in [0.1, 0.15) is 12.2 Å². The molecule has 0 radical (unpaired) electrons. The first-order valence-electron chi connectivity index (χ1n) is 5.20. The summed E-state index contributed by atoms with van der Waals surface area (Å²) in [4.78, 5) is 4.33. The first-order chi connectivity index (χ1) is 7.21. The molecule has 5 heteroatoms. The van der Waals surface area contributed by atoms with Crippen molar-refractivity contribution in [2.24, 2.45) is 5.41 Å². The summed E-state index contributed by atoms with van der Waals surface area (Å²) in [6.07, 6.45) is 3.73. The van der Waals surface area contributed by atoms with E-state index < -0.39 is 0 Å². The maximum Gasteiger partial charge on any atom is 0.138 e. The molecule has 0 bridgehead atoms. The lowest BCUT2D eigenvalue weighted by molar-refractivity contribution is 0.356. The standard InChI is InChI=1S/C10H17Br2N3/c1-3-10(6-11,7-12)5-9-13-8-14-15(9)4-2/h8H,3-7H2,1-2H3. The second-order valence-corrected chi connectivity index (χ2v) is 4.91. The molecule has 0 amide bonds. The normalized spacial score (nSPS) is 12.0. The number of rotatable bonds is 6. The minimum Gasteiger partial charge on any atom is -0.250 e. The number of aryl methyl sites for hydroxylation is 1. The number of alkyl halides is 2. The zero-order valence-electron chi connectivity index (χ0n) is 9.21. The number of hydrogen-bond donors (Lipinski definition) is 0. The van der Waals surface area contributed by atoms with Crippen molar-refractivity contribution in [2.45, 2.75) is 33.2 Å². The molecule has 0 spiro atoms. The maximum absolute atomic E-state index is 4.33. The molecule has 0 aliphatic rings. The molecule has 0 saturated carbocycles. The summed E-state index contributed by atoms with van der Waals surface area (Å²) in [5.74, 6) is 1.08. The number of halogens is 2. The van der Waals surface area contributed by atoms with Crippen molar-refractivity contribution in [2.75, 3.05) is 10.7 Å². The summed E-state index contributed by atoms with van der Waals surface area (Å²) < 4.78 is 1.97. The van der Waals surface area contributed by atoms with Crippen LogP contribution in [0.5, 0.6) is 0 Å². The van der Waals surface area contributed by atoms with Gasteiger partial charge in [-0.25, -0.2) is 4.98 Å². The van der Waals surface area contributed by atoms with E-state index in [1.54, 1.807) is 6.33 Å². The van der Waals surface area contributed by atoms with Crippen molar-refractivity contribution in [1.82, 2.24) is 14.8 Å². The molecule has 0 fully saturated rings. The van der Waals surface area contributed by atoms with Gasteiger partial charge in [-0.3, -0.25) is 4.68 Å². The first-order valence-corrected chi connectivity index (χ1v) is 7.44. The lowest BCUT2D eigenvalue weighted by Gasteiger charge is -2.27. The van der Waals surface area contributed by atoms with Crippen LogP contribution in [-0.4, -0.2) is 25.4 Å². The van der Waals surface area contributed by atoms with Crippen molar-refractivity contribution in [3.8, 4) is 0 Å². The van der Waals surface area contributed by atoms with Gasteiger partial charge in [-0.15, -0.1) is 0 Å². The molecule has 1 aromatic rings. The molecule has 1 heterocycles. The van der Waals surface area contributed by atoms with Crippen LogP contribution in [0, 0.1) is 5.41 Å². The van der Waals surface area contributed by atoms with Gasteiger partial charge in [0.05, 0.1) is 0 Å². The fourth-order valence-corrected chi connectivity index (χ4v) is 3.59. The van der Waals surface area contributed by atoms with E-state index >= 15 is 0 Å². The van der Waals surface area contributed by atoms with Crippen LogP contribution in [-0.2, 0) is 13.0 Å². The van der Waals surface area contributed by atoms with Crippen molar-refractivity contribution in [1.29, 1.82) is 0 Å². The highest BCUT2D eigenvalue weighted by Crippen LogP contribution is 2.30. The number of nitrogens with zero attached hydrogens (tertiary/aromatic N) is 3. The highest BCUT2D eigenvalue weighted by atomic mass is 79.9. The van der Waals surface area contributed by atoms with Crippen LogP contribution >= 0.6 is 31.9 Å². The average Bonchev–Trinajstić information content (AvgIpc) is 2.73. The largest absolute Gasteiger partial charge is 0.250 e. The summed E-state index contributed by atoms with van der Waals surface area (Å²) >= 11 is 7.20. The Kier molecular flexibility index (Phi) is 5.26. The van der Waals surface area contributed by atoms with E-state index in [2.05, 4.69) is 55.8 Å². The molecule has 86 valence electrons. The molecular weight excluding hydrogens is 322 g/mol. The number of hydrogen-bond acceptors (Lipinski definition) is 2. The van der Waals surface area contributed by atoms with Crippen LogP contribution in [0.3, 0.4) is 0 Å². The van der Waals surface area contributed by atoms with Crippen molar-refractivity contribution < 1.29 is 0 Å². The summed E-state index contributed by atoms with van der Waals surface area (Å²) in [6, 6.07) is 0. The highest BCUT2D eigenvalue weighted by molar-refractivity contribution is 9.09. The quantitative estimate of drug-likeness (QED) is 0.746. The van der Waals surface area contributed by atoms with Gasteiger partial charge in [0.2, 0.25) is 0 Å². The second-order valence-electron chi connectivity index (χ2n) is 3.79. The third-order valence-electron chi connectivity index (χ3n) is 2.85. The van der Waals surface area contributed by atoms with Gasteiger partial charge < -0.3 is 0 Å². The molecule has 0 aliphatic heterocycles. The molecule has 0 aromatic carbocycles. The minimum atomic E-state index is 0.250. The highest BCUT2D eigenvalue weighted by Gasteiger charge is 2.28. The van der Waals surface area contributed by atoms with Gasteiger partial charge in [-0.05, 0) is 18.8 Å². The van der Waals surface area contributed by atoms with Crippen LogP contribution in [0.4, 0.5) is 0 Å². The Morgan fingerprint density at radius 2 is 2.00 bits per heavy atom. The summed E-state index contributed by atoms with van der Waals surface area (Å²) in [6.45, 7) is 5.20. The van der Waals surface area contributed by atoms with E-state index in [9.17, 15) is 0 Å². The van der Waals surface area contributed by atoms with Crippen molar-refractivity contribution in [3.05, 3.63) is 12.2 Å². The Balaban J connectivity index is 2.82. The zero-order valence-corrected chi connectivity index (χ0v) is 12.4. The SMILES string of the molecule is CCn1ncnc1CC(CC)(CBr)CBr. The molecule has 0 atom stereocenters. The van der Waals surface area contributed by atoms with E-state index in [0.29, 0.717) is 0 Å². The molecule has 0 N–H and O–H groups in total. The Hall–Kier alpha value is 0.100. The van der Waals surface area contributed by atoms with Gasteiger partial charge in [-0.2, -0.15) is 5.10 Å². The van der Waals surface area contributed by atoms with Gasteiger partial charge in [0, 0.05) is 23.6 Å². The Morgan fingerprint density at radius 3 is 2.47 bits per heavy atom. The molecule has 0 saturated heterocycles. The lowest BCUT2D eigenvalue weighted by Crippen LogP contribution is -2.28. The Labute approximate surface area is 108 Å². The summed E-state index contributed by atoms with van der Waals surface area (Å²) in [5.41, 5.74) is 0.250. The molecular formula is C10H17Br2N3. The molecule has 15 heavy (non-hydrogen) atoms. The van der Waals surface area contributed by atoms with Gasteiger partial charge in [-0.1, -0.05) is 38.8 Å². The predicted octanol–water partition coefficient (Wildman–Crippen LogP) is 3.03. The monoisotopic (exact) mass is 337 g/mol. The third kappa shape index (κ3) is 3.03. The molecule has 1 aromatic heterocycles. The Morgan fingerprint density at radius 1 is 1.33 bits per heavy atom. The van der Waals surface area contributed by atoms with Gasteiger partial charge in [0.15, 0.2) is 0 Å². The van der Waals surface area contributed by atoms with E-state index in [-0.39, 0.29) is 5.41 Å². The lowest BCUT2D eigenvalue weighted by atomic mass is 9.86. The van der Waals surface area contributed by atoms with Crippen LogP contribution < -0.4 is 0 Å². The fraction of sp³-hybridized carbons (Fsp3) is 0.800. The molecule has 3 nitrogen and oxygen atoms in total. The Bertz CT molecular complexity index is 286. The second kappa shape index (κ2) is 5.99. The summed E-state index contributed by atoms with van der Waals surface area (Å²) in [5, 5.41) is 6.17. The first kappa shape index (κ1) is 13.2. The topological polar surface area (TPSA) is 30.7 Å². The van der Waals surface area contributed by atoms with E-state index in [0.717, 1.165) is 35.9 Å². The zero-order chi connectivity index (χ0) is 11.3. The van der Waals surface area contributed by atoms with Crippen LogP contribution in [0.2, 0.25) is 0 Å². The molecule has 1 rings (SSSR count). The van der Waals surface area contributed by atoms with Crippen LogP contribution in [0.1, 0.15) is 26.1 Å².